The quantitative estimate of drug-likeness (QED) is 0.536. The Morgan fingerprint density at radius 1 is 1.56 bits per heavy atom. The molecule has 6 nitrogen and oxygen atoms in total. The van der Waals surface area contributed by atoms with Crippen molar-refractivity contribution in [3.05, 3.63) is 24.0 Å². The van der Waals surface area contributed by atoms with Gasteiger partial charge in [-0.1, -0.05) is 0 Å². The van der Waals surface area contributed by atoms with Gasteiger partial charge in [0.1, 0.15) is 12.2 Å². The molecule has 0 aliphatic carbocycles. The summed E-state index contributed by atoms with van der Waals surface area (Å²) in [5.41, 5.74) is 6.31. The Labute approximate surface area is 93.1 Å². The van der Waals surface area contributed by atoms with E-state index in [1.807, 2.05) is 0 Å². The van der Waals surface area contributed by atoms with Gasteiger partial charge in [-0.05, 0) is 6.07 Å². The van der Waals surface area contributed by atoms with Crippen molar-refractivity contribution < 1.29 is 15.0 Å². The van der Waals surface area contributed by atoms with Crippen molar-refractivity contribution in [1.82, 2.24) is 10.3 Å². The SMILES string of the molecule is CC(=O)NCC(O)C(O)c1cncc(N)c1. The largest absolute Gasteiger partial charge is 0.397 e. The number of aliphatic hydroxyl groups is 2. The first-order valence-corrected chi connectivity index (χ1v) is 4.81. The average Bonchev–Trinajstić information content (AvgIpc) is 2.24. The van der Waals surface area contributed by atoms with Crippen LogP contribution in [-0.4, -0.2) is 33.8 Å². The lowest BCUT2D eigenvalue weighted by atomic mass is 10.1. The van der Waals surface area contributed by atoms with Crippen molar-refractivity contribution in [3.63, 3.8) is 0 Å². The Balaban J connectivity index is 2.62. The minimum Gasteiger partial charge on any atom is -0.397 e. The molecule has 0 radical (unpaired) electrons. The van der Waals surface area contributed by atoms with Crippen molar-refractivity contribution in [2.75, 3.05) is 12.3 Å². The summed E-state index contributed by atoms with van der Waals surface area (Å²) in [5.74, 6) is -0.267. The number of nitrogens with one attached hydrogen (secondary N) is 1. The molecule has 16 heavy (non-hydrogen) atoms. The van der Waals surface area contributed by atoms with Gasteiger partial charge >= 0.3 is 0 Å². The molecule has 0 fully saturated rings. The zero-order valence-corrected chi connectivity index (χ0v) is 8.92. The molecule has 0 aliphatic rings. The van der Waals surface area contributed by atoms with Gasteiger partial charge in [-0.25, -0.2) is 0 Å². The van der Waals surface area contributed by atoms with Gasteiger partial charge in [0.25, 0.3) is 0 Å². The fraction of sp³-hybridized carbons (Fsp3) is 0.400. The predicted molar refractivity (Wildman–Crippen MR) is 58.3 cm³/mol. The molecular weight excluding hydrogens is 210 g/mol. The van der Waals surface area contributed by atoms with E-state index in [2.05, 4.69) is 10.3 Å². The van der Waals surface area contributed by atoms with Crippen LogP contribution < -0.4 is 11.1 Å². The van der Waals surface area contributed by atoms with Crippen LogP contribution in [0.2, 0.25) is 0 Å². The monoisotopic (exact) mass is 225 g/mol. The van der Waals surface area contributed by atoms with E-state index < -0.39 is 12.2 Å². The third-order valence-corrected chi connectivity index (χ3v) is 2.05. The molecule has 0 aromatic carbocycles. The maximum absolute atomic E-state index is 10.6. The van der Waals surface area contributed by atoms with Gasteiger partial charge < -0.3 is 21.3 Å². The molecule has 1 amide bonds. The highest BCUT2D eigenvalue weighted by atomic mass is 16.3. The van der Waals surface area contributed by atoms with Crippen molar-refractivity contribution in [1.29, 1.82) is 0 Å². The number of rotatable bonds is 4. The molecule has 0 saturated heterocycles. The van der Waals surface area contributed by atoms with Gasteiger partial charge in [-0.2, -0.15) is 0 Å². The lowest BCUT2D eigenvalue weighted by Gasteiger charge is -2.18. The third-order valence-electron chi connectivity index (χ3n) is 2.05. The zero-order valence-electron chi connectivity index (χ0n) is 8.92. The van der Waals surface area contributed by atoms with E-state index in [4.69, 9.17) is 5.73 Å². The van der Waals surface area contributed by atoms with Crippen LogP contribution in [0.4, 0.5) is 5.69 Å². The highest BCUT2D eigenvalue weighted by molar-refractivity contribution is 5.72. The molecule has 0 saturated carbocycles. The maximum Gasteiger partial charge on any atom is 0.216 e. The summed E-state index contributed by atoms with van der Waals surface area (Å²) in [6.07, 6.45) is 0.643. The van der Waals surface area contributed by atoms with E-state index >= 15 is 0 Å². The first-order valence-electron chi connectivity index (χ1n) is 4.81. The summed E-state index contributed by atoms with van der Waals surface area (Å²) in [5, 5.41) is 21.7. The van der Waals surface area contributed by atoms with E-state index in [9.17, 15) is 15.0 Å². The minimum atomic E-state index is -1.12. The van der Waals surface area contributed by atoms with Crippen LogP contribution in [0, 0.1) is 0 Å². The van der Waals surface area contributed by atoms with Crippen molar-refractivity contribution in [2.24, 2.45) is 0 Å². The Bertz CT molecular complexity index is 370. The molecule has 2 unspecified atom stereocenters. The van der Waals surface area contributed by atoms with Crippen LogP contribution in [-0.2, 0) is 4.79 Å². The molecule has 1 rings (SSSR count). The molecule has 5 N–H and O–H groups in total. The molecule has 1 heterocycles. The highest BCUT2D eigenvalue weighted by Gasteiger charge is 2.18. The Morgan fingerprint density at radius 2 is 2.25 bits per heavy atom. The third kappa shape index (κ3) is 3.48. The Hall–Kier alpha value is -1.66. The standard InChI is InChI=1S/C10H15N3O3/c1-6(14)13-5-9(15)10(16)7-2-8(11)4-12-3-7/h2-4,9-10,15-16H,5,11H2,1H3,(H,13,14). The maximum atomic E-state index is 10.6. The highest BCUT2D eigenvalue weighted by Crippen LogP contribution is 2.17. The average molecular weight is 225 g/mol. The summed E-state index contributed by atoms with van der Waals surface area (Å²) < 4.78 is 0. The smallest absolute Gasteiger partial charge is 0.216 e. The molecule has 1 aromatic rings. The first kappa shape index (κ1) is 12.4. The fourth-order valence-electron chi connectivity index (χ4n) is 1.22. The summed E-state index contributed by atoms with van der Waals surface area (Å²) in [4.78, 5) is 14.4. The molecule has 6 heteroatoms. The van der Waals surface area contributed by atoms with Crippen LogP contribution in [0.1, 0.15) is 18.6 Å². The van der Waals surface area contributed by atoms with Gasteiger partial charge in [-0.3, -0.25) is 9.78 Å². The molecular formula is C10H15N3O3. The summed E-state index contributed by atoms with van der Waals surface area (Å²) >= 11 is 0. The van der Waals surface area contributed by atoms with Crippen LogP contribution in [0.25, 0.3) is 0 Å². The molecule has 88 valence electrons. The number of hydrogen-bond donors (Lipinski definition) is 4. The van der Waals surface area contributed by atoms with E-state index in [1.54, 1.807) is 0 Å². The topological polar surface area (TPSA) is 108 Å². The molecule has 0 spiro atoms. The zero-order chi connectivity index (χ0) is 12.1. The second-order valence-electron chi connectivity index (χ2n) is 3.50. The van der Waals surface area contributed by atoms with Crippen LogP contribution in [0.3, 0.4) is 0 Å². The van der Waals surface area contributed by atoms with Gasteiger partial charge in [-0.15, -0.1) is 0 Å². The lowest BCUT2D eigenvalue weighted by Crippen LogP contribution is -2.34. The van der Waals surface area contributed by atoms with E-state index in [1.165, 1.54) is 25.4 Å². The fourth-order valence-corrected chi connectivity index (χ4v) is 1.22. The number of hydrogen-bond acceptors (Lipinski definition) is 5. The Kier molecular flexibility index (Phi) is 4.21. The van der Waals surface area contributed by atoms with Crippen LogP contribution in [0.15, 0.2) is 18.5 Å². The summed E-state index contributed by atoms with van der Waals surface area (Å²) in [6.45, 7) is 1.31. The Morgan fingerprint density at radius 3 is 2.81 bits per heavy atom. The molecule has 2 atom stereocenters. The molecule has 0 aliphatic heterocycles. The summed E-state index contributed by atoms with van der Waals surface area (Å²) in [7, 11) is 0. The number of pyridine rings is 1. The number of carbonyl (C=O) groups excluding carboxylic acids is 1. The number of amides is 1. The first-order chi connectivity index (χ1) is 7.50. The van der Waals surface area contributed by atoms with E-state index in [-0.39, 0.29) is 12.5 Å². The number of carbonyl (C=O) groups is 1. The number of nitrogens with two attached hydrogens (primary N) is 1. The number of anilines is 1. The number of nitrogens with zero attached hydrogens (tertiary/aromatic N) is 1. The number of aromatic nitrogens is 1. The van der Waals surface area contributed by atoms with Crippen molar-refractivity contribution in [3.8, 4) is 0 Å². The normalized spacial score (nSPS) is 14.2. The van der Waals surface area contributed by atoms with Gasteiger partial charge in [0.2, 0.25) is 5.91 Å². The van der Waals surface area contributed by atoms with E-state index in [0.717, 1.165) is 0 Å². The lowest BCUT2D eigenvalue weighted by molar-refractivity contribution is -0.119. The van der Waals surface area contributed by atoms with Gasteiger partial charge in [0.15, 0.2) is 0 Å². The minimum absolute atomic E-state index is 0.0225. The van der Waals surface area contributed by atoms with Crippen molar-refractivity contribution >= 4 is 11.6 Å². The molecule has 1 aromatic heterocycles. The van der Waals surface area contributed by atoms with E-state index in [0.29, 0.717) is 11.3 Å². The van der Waals surface area contributed by atoms with Gasteiger partial charge in [0, 0.05) is 31.4 Å². The number of aliphatic hydroxyl groups excluding tert-OH is 2. The van der Waals surface area contributed by atoms with Crippen LogP contribution >= 0.6 is 0 Å². The van der Waals surface area contributed by atoms with Crippen LogP contribution in [0.5, 0.6) is 0 Å². The summed E-state index contributed by atoms with van der Waals surface area (Å²) in [6, 6.07) is 1.52. The molecule has 0 bridgehead atoms. The number of nitrogen functional groups attached to an aromatic ring is 1. The second-order valence-corrected chi connectivity index (χ2v) is 3.50. The van der Waals surface area contributed by atoms with Crippen molar-refractivity contribution in [2.45, 2.75) is 19.1 Å². The second kappa shape index (κ2) is 5.43. The predicted octanol–water partition coefficient (Wildman–Crippen LogP) is -0.806. The van der Waals surface area contributed by atoms with Gasteiger partial charge in [0.05, 0.1) is 5.69 Å².